The van der Waals surface area contributed by atoms with Crippen LogP contribution in [0.3, 0.4) is 0 Å². The van der Waals surface area contributed by atoms with Crippen LogP contribution >= 0.6 is 34.5 Å². The Morgan fingerprint density at radius 1 is 1.18 bits per heavy atom. The van der Waals surface area contributed by atoms with Gasteiger partial charge < -0.3 is 4.42 Å². The van der Waals surface area contributed by atoms with E-state index in [9.17, 15) is 0 Å². The smallest absolute Gasteiger partial charge is 0.197 e. The first-order valence-corrected chi connectivity index (χ1v) is 10.6. The summed E-state index contributed by atoms with van der Waals surface area (Å²) in [5.74, 6) is 2.67. The Morgan fingerprint density at radius 3 is 2.82 bits per heavy atom. The first-order chi connectivity index (χ1) is 13.7. The minimum Gasteiger partial charge on any atom is -0.448 e. The fraction of sp³-hybridized carbons (Fsp3) is 0.250. The van der Waals surface area contributed by atoms with Gasteiger partial charge >= 0.3 is 0 Å². The van der Waals surface area contributed by atoms with Gasteiger partial charge in [-0.15, -0.1) is 11.3 Å². The summed E-state index contributed by atoms with van der Waals surface area (Å²) >= 11 is 14.1. The van der Waals surface area contributed by atoms with Crippen LogP contribution in [0, 0.1) is 0 Å². The van der Waals surface area contributed by atoms with Gasteiger partial charge in [0.1, 0.15) is 12.0 Å². The van der Waals surface area contributed by atoms with E-state index in [1.54, 1.807) is 23.7 Å². The van der Waals surface area contributed by atoms with E-state index < -0.39 is 0 Å². The zero-order chi connectivity index (χ0) is 19.1. The van der Waals surface area contributed by atoms with Crippen molar-refractivity contribution in [2.24, 2.45) is 0 Å². The number of benzene rings is 1. The molecule has 0 aliphatic heterocycles. The second kappa shape index (κ2) is 7.35. The van der Waals surface area contributed by atoms with E-state index in [0.29, 0.717) is 40.4 Å². The zero-order valence-electron chi connectivity index (χ0n) is 14.8. The molecule has 0 saturated heterocycles. The lowest BCUT2D eigenvalue weighted by atomic mass is 10.2. The van der Waals surface area contributed by atoms with Gasteiger partial charge in [0.15, 0.2) is 17.5 Å². The van der Waals surface area contributed by atoms with E-state index >= 15 is 0 Å². The topological polar surface area (TPSA) is 56.7 Å². The average Bonchev–Trinajstić information content (AvgIpc) is 3.08. The molecule has 4 aromatic rings. The summed E-state index contributed by atoms with van der Waals surface area (Å²) in [4.78, 5) is 10.6. The molecular formula is C20H16Cl2N4OS. The van der Waals surface area contributed by atoms with Crippen molar-refractivity contribution in [3.63, 3.8) is 0 Å². The molecule has 1 aliphatic carbocycles. The number of nitrogens with zero attached hydrogens (tertiary/aromatic N) is 4. The van der Waals surface area contributed by atoms with Gasteiger partial charge in [0, 0.05) is 27.3 Å². The maximum absolute atomic E-state index is 6.38. The molecule has 3 aromatic heterocycles. The van der Waals surface area contributed by atoms with Crippen LogP contribution in [-0.4, -0.2) is 19.7 Å². The quantitative estimate of drug-likeness (QED) is 0.386. The molecule has 1 aliphatic rings. The molecule has 0 radical (unpaired) electrons. The number of thiophene rings is 1. The van der Waals surface area contributed by atoms with Crippen LogP contribution in [-0.2, 0) is 13.0 Å². The maximum atomic E-state index is 6.38. The molecule has 0 bridgehead atoms. The minimum absolute atomic E-state index is 0.446. The van der Waals surface area contributed by atoms with E-state index in [1.165, 1.54) is 4.88 Å². The molecule has 1 saturated carbocycles. The third-order valence-electron chi connectivity index (χ3n) is 4.64. The predicted octanol–water partition coefficient (Wildman–Crippen LogP) is 5.82. The monoisotopic (exact) mass is 430 g/mol. The van der Waals surface area contributed by atoms with Crippen molar-refractivity contribution in [2.45, 2.75) is 31.7 Å². The van der Waals surface area contributed by atoms with Crippen molar-refractivity contribution in [3.8, 4) is 11.5 Å². The average molecular weight is 431 g/mol. The molecule has 0 atom stereocenters. The molecule has 0 N–H and O–H groups in total. The second-order valence-corrected chi connectivity index (χ2v) is 8.72. The third-order valence-corrected chi connectivity index (χ3v) is 6.10. The molecule has 0 unspecified atom stereocenters. The summed E-state index contributed by atoms with van der Waals surface area (Å²) in [5, 5.41) is 8.00. The van der Waals surface area contributed by atoms with E-state index in [0.717, 1.165) is 30.1 Å². The fourth-order valence-electron chi connectivity index (χ4n) is 3.05. The molecule has 5 rings (SSSR count). The highest BCUT2D eigenvalue weighted by Crippen LogP contribution is 2.40. The zero-order valence-corrected chi connectivity index (χ0v) is 17.1. The number of aromatic nitrogens is 4. The van der Waals surface area contributed by atoms with Crippen molar-refractivity contribution in [3.05, 3.63) is 74.2 Å². The van der Waals surface area contributed by atoms with Crippen LogP contribution in [0.15, 0.2) is 46.4 Å². The van der Waals surface area contributed by atoms with Gasteiger partial charge in [0.2, 0.25) is 0 Å². The molecule has 5 nitrogen and oxygen atoms in total. The molecule has 142 valence electrons. The highest BCUT2D eigenvalue weighted by atomic mass is 35.5. The van der Waals surface area contributed by atoms with Gasteiger partial charge in [-0.25, -0.2) is 14.6 Å². The van der Waals surface area contributed by atoms with Crippen LogP contribution in [0.1, 0.15) is 40.9 Å². The number of rotatable bonds is 6. The molecule has 0 amide bonds. The maximum Gasteiger partial charge on any atom is 0.197 e. The number of hydrogen-bond acceptors (Lipinski definition) is 5. The van der Waals surface area contributed by atoms with Crippen molar-refractivity contribution in [1.29, 1.82) is 0 Å². The van der Waals surface area contributed by atoms with Gasteiger partial charge in [-0.1, -0.05) is 35.3 Å². The summed E-state index contributed by atoms with van der Waals surface area (Å²) < 4.78 is 7.51. The standard InChI is InChI=1S/C20H16Cl2N4OS/c21-14-6-5-13(16(22)8-14)10-26-19(17-11-27-20(23-17)12-3-4-12)24-18(25-26)9-15-2-1-7-28-15/h1-2,5-8,11-12H,3-4,9-10H2. The Morgan fingerprint density at radius 2 is 2.07 bits per heavy atom. The van der Waals surface area contributed by atoms with Crippen molar-refractivity contribution < 1.29 is 4.42 Å². The lowest BCUT2D eigenvalue weighted by Crippen LogP contribution is -2.05. The van der Waals surface area contributed by atoms with E-state index in [4.69, 9.17) is 37.7 Å². The number of hydrogen-bond donors (Lipinski definition) is 0. The van der Waals surface area contributed by atoms with Crippen LogP contribution in [0.2, 0.25) is 10.0 Å². The lowest BCUT2D eigenvalue weighted by molar-refractivity contribution is 0.497. The highest BCUT2D eigenvalue weighted by Gasteiger charge is 2.29. The molecule has 8 heteroatoms. The van der Waals surface area contributed by atoms with E-state index in [1.807, 2.05) is 22.9 Å². The van der Waals surface area contributed by atoms with Crippen LogP contribution in [0.25, 0.3) is 11.5 Å². The second-order valence-electron chi connectivity index (χ2n) is 6.85. The summed E-state index contributed by atoms with van der Waals surface area (Å²) in [6.45, 7) is 0.481. The summed E-state index contributed by atoms with van der Waals surface area (Å²) in [5.41, 5.74) is 1.63. The highest BCUT2D eigenvalue weighted by molar-refractivity contribution is 7.09. The lowest BCUT2D eigenvalue weighted by Gasteiger charge is -2.06. The molecule has 1 aromatic carbocycles. The predicted molar refractivity (Wildman–Crippen MR) is 110 cm³/mol. The van der Waals surface area contributed by atoms with Crippen LogP contribution in [0.4, 0.5) is 0 Å². The van der Waals surface area contributed by atoms with Gasteiger partial charge in [0.25, 0.3) is 0 Å². The summed E-state index contributed by atoms with van der Waals surface area (Å²) in [6, 6.07) is 9.59. The Bertz CT molecular complexity index is 1120. The largest absolute Gasteiger partial charge is 0.448 e. The normalized spacial score (nSPS) is 13.9. The van der Waals surface area contributed by atoms with Gasteiger partial charge in [-0.05, 0) is 42.0 Å². The van der Waals surface area contributed by atoms with Gasteiger partial charge in [-0.3, -0.25) is 0 Å². The minimum atomic E-state index is 0.446. The molecular weight excluding hydrogens is 415 g/mol. The SMILES string of the molecule is Clc1ccc(Cn2nc(Cc3cccs3)nc2-c2coc(C3CC3)n2)c(Cl)c1. The van der Waals surface area contributed by atoms with Crippen molar-refractivity contribution in [2.75, 3.05) is 0 Å². The van der Waals surface area contributed by atoms with Crippen LogP contribution < -0.4 is 0 Å². The third kappa shape index (κ3) is 3.72. The van der Waals surface area contributed by atoms with Gasteiger partial charge in [0.05, 0.1) is 6.54 Å². The Kier molecular flexibility index (Phi) is 4.70. The first kappa shape index (κ1) is 17.9. The molecule has 28 heavy (non-hydrogen) atoms. The molecule has 1 fully saturated rings. The number of halogens is 2. The van der Waals surface area contributed by atoms with Gasteiger partial charge in [-0.2, -0.15) is 5.10 Å². The summed E-state index contributed by atoms with van der Waals surface area (Å²) in [6.07, 6.45) is 4.62. The number of oxazole rings is 1. The fourth-order valence-corrected chi connectivity index (χ4v) is 4.22. The summed E-state index contributed by atoms with van der Waals surface area (Å²) in [7, 11) is 0. The van der Waals surface area contributed by atoms with Crippen molar-refractivity contribution in [1.82, 2.24) is 19.7 Å². The molecule has 3 heterocycles. The van der Waals surface area contributed by atoms with Crippen molar-refractivity contribution >= 4 is 34.5 Å². The van der Waals surface area contributed by atoms with E-state index in [2.05, 4.69) is 16.4 Å². The Hall–Kier alpha value is -2.15. The first-order valence-electron chi connectivity index (χ1n) is 9.01. The van der Waals surface area contributed by atoms with Crippen LogP contribution in [0.5, 0.6) is 0 Å². The Labute approximate surface area is 176 Å². The van der Waals surface area contributed by atoms with E-state index in [-0.39, 0.29) is 0 Å². The molecule has 0 spiro atoms. The Balaban J connectivity index is 1.51.